The number of halogens is 3. The molecule has 0 radical (unpaired) electrons. The summed E-state index contributed by atoms with van der Waals surface area (Å²) in [6.07, 6.45) is -0.502. The topological polar surface area (TPSA) is 92.9 Å². The van der Waals surface area contributed by atoms with E-state index in [1.165, 1.54) is 43.3 Å². The summed E-state index contributed by atoms with van der Waals surface area (Å²) >= 11 is 0. The fraction of sp³-hybridized carbons (Fsp3) is 0.105. The summed E-state index contributed by atoms with van der Waals surface area (Å²) in [6, 6.07) is 9.46. The van der Waals surface area contributed by atoms with Crippen molar-refractivity contribution in [1.82, 2.24) is 15.4 Å². The van der Waals surface area contributed by atoms with Crippen molar-refractivity contribution >= 4 is 17.7 Å². The molecular weight excluding hydrogens is 371 g/mol. The van der Waals surface area contributed by atoms with Gasteiger partial charge in [0.25, 0.3) is 0 Å². The van der Waals surface area contributed by atoms with Crippen molar-refractivity contribution < 1.29 is 18.0 Å². The maximum Gasteiger partial charge on any atom is 0.242 e. The Balaban J connectivity index is 1.72. The maximum atomic E-state index is 14.0. The summed E-state index contributed by atoms with van der Waals surface area (Å²) in [6.45, 7) is 1.48. The Kier molecular flexibility index (Phi) is 5.44. The van der Waals surface area contributed by atoms with Crippen LogP contribution in [-0.2, 0) is 11.2 Å². The van der Waals surface area contributed by atoms with Gasteiger partial charge in [-0.2, -0.15) is 4.98 Å². The van der Waals surface area contributed by atoms with Gasteiger partial charge in [-0.25, -0.2) is 18.2 Å². The highest BCUT2D eigenvalue weighted by Crippen LogP contribution is 2.21. The summed E-state index contributed by atoms with van der Waals surface area (Å²) in [5.74, 6) is -2.56. The average molecular weight is 387 g/mol. The van der Waals surface area contributed by atoms with Gasteiger partial charge in [-0.05, 0) is 42.8 Å². The summed E-state index contributed by atoms with van der Waals surface area (Å²) in [5.41, 5.74) is 11.4. The van der Waals surface area contributed by atoms with E-state index in [1.54, 1.807) is 0 Å². The van der Waals surface area contributed by atoms with Crippen molar-refractivity contribution in [2.75, 3.05) is 11.2 Å². The minimum Gasteiger partial charge on any atom is -0.368 e. The molecule has 1 heterocycles. The number of nitrogens with one attached hydrogen (secondary N) is 2. The van der Waals surface area contributed by atoms with Gasteiger partial charge in [-0.3, -0.25) is 15.6 Å². The number of hydrogen-bond acceptors (Lipinski definition) is 5. The first kappa shape index (κ1) is 19.2. The zero-order chi connectivity index (χ0) is 20.3. The van der Waals surface area contributed by atoms with E-state index in [-0.39, 0.29) is 22.9 Å². The Morgan fingerprint density at radius 2 is 1.79 bits per heavy atom. The van der Waals surface area contributed by atoms with Gasteiger partial charge < -0.3 is 5.73 Å². The normalized spacial score (nSPS) is 10.6. The molecule has 0 spiro atoms. The number of nitrogen functional groups attached to an aromatic ring is 1. The second-order valence-electron chi connectivity index (χ2n) is 6.01. The molecule has 2 aromatic carbocycles. The first-order valence-electron chi connectivity index (χ1n) is 8.22. The van der Waals surface area contributed by atoms with E-state index in [0.717, 1.165) is 6.07 Å². The lowest BCUT2D eigenvalue weighted by Gasteiger charge is -2.11. The van der Waals surface area contributed by atoms with E-state index in [1.807, 2.05) is 0 Å². The summed E-state index contributed by atoms with van der Waals surface area (Å²) in [4.78, 5) is 20.0. The van der Waals surface area contributed by atoms with E-state index >= 15 is 0 Å². The second-order valence-corrected chi connectivity index (χ2v) is 6.01. The van der Waals surface area contributed by atoms with Crippen LogP contribution in [0, 0.1) is 24.4 Å². The van der Waals surface area contributed by atoms with Crippen molar-refractivity contribution in [3.05, 3.63) is 71.0 Å². The molecule has 0 fully saturated rings. The molecule has 0 saturated carbocycles. The first-order chi connectivity index (χ1) is 13.3. The lowest BCUT2D eigenvalue weighted by molar-refractivity contribution is -0.120. The summed E-state index contributed by atoms with van der Waals surface area (Å²) in [5, 5.41) is 0. The van der Waals surface area contributed by atoms with Crippen LogP contribution in [0.25, 0.3) is 11.3 Å². The van der Waals surface area contributed by atoms with Crippen LogP contribution in [0.2, 0.25) is 0 Å². The van der Waals surface area contributed by atoms with Crippen molar-refractivity contribution in [1.29, 1.82) is 0 Å². The standard InChI is InChI=1S/C19H16F3N5O/c1-10-2-7-14(21)13(18(10)22)8-17(28)27-26-16-9-15(24-19(23)25-16)11-3-5-12(20)6-4-11/h2-7,9H,8H2,1H3,(H,27,28)(H3,23,24,25,26). The van der Waals surface area contributed by atoms with E-state index in [0.29, 0.717) is 11.3 Å². The molecule has 3 aromatic rings. The third-order valence-corrected chi connectivity index (χ3v) is 3.93. The zero-order valence-electron chi connectivity index (χ0n) is 14.8. The van der Waals surface area contributed by atoms with Gasteiger partial charge in [-0.1, -0.05) is 6.07 Å². The molecule has 0 aliphatic carbocycles. The molecule has 144 valence electrons. The molecule has 1 aromatic heterocycles. The predicted octanol–water partition coefficient (Wildman–Crippen LogP) is 3.14. The molecule has 3 rings (SSSR count). The van der Waals surface area contributed by atoms with Crippen LogP contribution in [0.5, 0.6) is 0 Å². The number of rotatable bonds is 5. The lowest BCUT2D eigenvalue weighted by Crippen LogP contribution is -2.32. The van der Waals surface area contributed by atoms with Gasteiger partial charge in [0.1, 0.15) is 17.5 Å². The average Bonchev–Trinajstić information content (AvgIpc) is 2.67. The maximum absolute atomic E-state index is 14.0. The minimum atomic E-state index is -0.803. The van der Waals surface area contributed by atoms with Gasteiger partial charge >= 0.3 is 0 Å². The van der Waals surface area contributed by atoms with Crippen molar-refractivity contribution in [3.63, 3.8) is 0 Å². The third-order valence-electron chi connectivity index (χ3n) is 3.93. The molecule has 0 aliphatic rings. The molecule has 0 saturated heterocycles. The number of nitrogens with two attached hydrogens (primary N) is 1. The van der Waals surface area contributed by atoms with Gasteiger partial charge in [-0.15, -0.1) is 0 Å². The molecule has 4 N–H and O–H groups in total. The van der Waals surface area contributed by atoms with Crippen LogP contribution < -0.4 is 16.6 Å². The van der Waals surface area contributed by atoms with Crippen molar-refractivity contribution in [2.24, 2.45) is 0 Å². The number of benzene rings is 2. The summed E-state index contributed by atoms with van der Waals surface area (Å²) < 4.78 is 40.8. The number of aryl methyl sites for hydroxylation is 1. The van der Waals surface area contributed by atoms with E-state index in [4.69, 9.17) is 5.73 Å². The molecule has 1 amide bonds. The Hall–Kier alpha value is -3.62. The highest BCUT2D eigenvalue weighted by molar-refractivity contribution is 5.80. The number of nitrogens with zero attached hydrogens (tertiary/aromatic N) is 2. The molecule has 0 unspecified atom stereocenters. The molecule has 6 nitrogen and oxygen atoms in total. The molecule has 9 heteroatoms. The van der Waals surface area contributed by atoms with Gasteiger partial charge in [0.15, 0.2) is 5.82 Å². The van der Waals surface area contributed by atoms with Crippen LogP contribution in [-0.4, -0.2) is 15.9 Å². The number of anilines is 2. The van der Waals surface area contributed by atoms with Crippen LogP contribution >= 0.6 is 0 Å². The molecular formula is C19H16F3N5O. The fourth-order valence-electron chi connectivity index (χ4n) is 2.51. The Bertz CT molecular complexity index is 1020. The molecule has 0 bridgehead atoms. The smallest absolute Gasteiger partial charge is 0.242 e. The van der Waals surface area contributed by atoms with Gasteiger partial charge in [0.2, 0.25) is 11.9 Å². The fourth-order valence-corrected chi connectivity index (χ4v) is 2.51. The van der Waals surface area contributed by atoms with E-state index < -0.39 is 29.8 Å². The molecule has 0 aliphatic heterocycles. The largest absolute Gasteiger partial charge is 0.368 e. The number of amides is 1. The Labute approximate surface area is 158 Å². The zero-order valence-corrected chi connectivity index (χ0v) is 14.8. The number of carbonyl (C=O) groups is 1. The number of carbonyl (C=O) groups excluding carboxylic acids is 1. The number of hydrogen-bond donors (Lipinski definition) is 3. The quantitative estimate of drug-likeness (QED) is 0.585. The lowest BCUT2D eigenvalue weighted by atomic mass is 10.1. The second kappa shape index (κ2) is 7.95. The SMILES string of the molecule is Cc1ccc(F)c(CC(=O)NNc2cc(-c3ccc(F)cc3)nc(N)n2)c1F. The van der Waals surface area contributed by atoms with Crippen LogP contribution in [0.15, 0.2) is 42.5 Å². The van der Waals surface area contributed by atoms with Crippen LogP contribution in [0.1, 0.15) is 11.1 Å². The van der Waals surface area contributed by atoms with E-state index in [2.05, 4.69) is 20.8 Å². The highest BCUT2D eigenvalue weighted by atomic mass is 19.1. The van der Waals surface area contributed by atoms with Gasteiger partial charge in [0.05, 0.1) is 12.1 Å². The Morgan fingerprint density at radius 1 is 1.07 bits per heavy atom. The summed E-state index contributed by atoms with van der Waals surface area (Å²) in [7, 11) is 0. The number of hydrazine groups is 1. The Morgan fingerprint density at radius 3 is 2.50 bits per heavy atom. The monoisotopic (exact) mass is 387 g/mol. The van der Waals surface area contributed by atoms with Gasteiger partial charge in [0, 0.05) is 17.2 Å². The van der Waals surface area contributed by atoms with Crippen molar-refractivity contribution in [2.45, 2.75) is 13.3 Å². The van der Waals surface area contributed by atoms with Crippen molar-refractivity contribution in [3.8, 4) is 11.3 Å². The van der Waals surface area contributed by atoms with Crippen LogP contribution in [0.3, 0.4) is 0 Å². The van der Waals surface area contributed by atoms with Crippen LogP contribution in [0.4, 0.5) is 24.9 Å². The molecule has 0 atom stereocenters. The molecule has 28 heavy (non-hydrogen) atoms. The highest BCUT2D eigenvalue weighted by Gasteiger charge is 2.15. The number of aromatic nitrogens is 2. The third kappa shape index (κ3) is 4.37. The minimum absolute atomic E-state index is 0.0747. The first-order valence-corrected chi connectivity index (χ1v) is 8.22. The predicted molar refractivity (Wildman–Crippen MR) is 98.4 cm³/mol. The van der Waals surface area contributed by atoms with E-state index in [9.17, 15) is 18.0 Å².